The van der Waals surface area contributed by atoms with Crippen LogP contribution in [0, 0.1) is 0 Å². The second-order valence-corrected chi connectivity index (χ2v) is 9.92. The van der Waals surface area contributed by atoms with E-state index in [1.807, 2.05) is 30.7 Å². The van der Waals surface area contributed by atoms with Crippen LogP contribution in [0.25, 0.3) is 22.4 Å². The van der Waals surface area contributed by atoms with E-state index in [1.165, 1.54) is 11.1 Å². The molecule has 0 spiro atoms. The molecule has 0 bridgehead atoms. The molecule has 0 atom stereocenters. The third-order valence-electron chi connectivity index (χ3n) is 7.37. The maximum atomic E-state index is 13.1. The van der Waals surface area contributed by atoms with Crippen LogP contribution >= 0.6 is 0 Å². The van der Waals surface area contributed by atoms with Crippen molar-refractivity contribution < 1.29 is 4.79 Å². The molecule has 11 heteroatoms. The van der Waals surface area contributed by atoms with E-state index < -0.39 is 0 Å². The molecular weight excluding hydrogens is 492 g/mol. The number of nitrogens with zero attached hydrogens (tertiary/aromatic N) is 8. The standard InChI is InChI=1S/C28H26N10O/c39-26(37-10-7-24-25(16-37)34-36-33-24)17-38-15-23(27(35-38)18-5-8-29-9-6-18)21-13-30-28(31-14-21)32-22-11-19-3-1-2-4-20(19)12-22/h1-6,8-9,13-15,22H,7,10-12,16-17H2,(H,30,31,32)(H,33,34,36). The van der Waals surface area contributed by atoms with Crippen molar-refractivity contribution in [1.82, 2.24) is 45.0 Å². The second-order valence-electron chi connectivity index (χ2n) is 9.92. The summed E-state index contributed by atoms with van der Waals surface area (Å²) in [5.74, 6) is 0.578. The number of hydrogen-bond donors (Lipinski definition) is 2. The lowest BCUT2D eigenvalue weighted by Gasteiger charge is -2.25. The van der Waals surface area contributed by atoms with Gasteiger partial charge in [0.1, 0.15) is 17.9 Å². The number of rotatable bonds is 6. The maximum Gasteiger partial charge on any atom is 0.244 e. The van der Waals surface area contributed by atoms with E-state index in [0.29, 0.717) is 25.5 Å². The van der Waals surface area contributed by atoms with Gasteiger partial charge in [-0.1, -0.05) is 24.3 Å². The molecule has 5 aromatic rings. The zero-order chi connectivity index (χ0) is 26.2. The fourth-order valence-electron chi connectivity index (χ4n) is 5.38. The molecule has 0 radical (unpaired) electrons. The Kier molecular flexibility index (Phi) is 5.80. The van der Waals surface area contributed by atoms with Gasteiger partial charge in [-0.25, -0.2) is 9.97 Å². The minimum Gasteiger partial charge on any atom is -0.351 e. The largest absolute Gasteiger partial charge is 0.351 e. The first-order valence-corrected chi connectivity index (χ1v) is 13.0. The number of carbonyl (C=O) groups excluding carboxylic acids is 1. The summed E-state index contributed by atoms with van der Waals surface area (Å²) in [6.07, 6.45) is 11.6. The number of benzene rings is 1. The van der Waals surface area contributed by atoms with Crippen LogP contribution in [0.5, 0.6) is 0 Å². The molecule has 11 nitrogen and oxygen atoms in total. The van der Waals surface area contributed by atoms with Gasteiger partial charge in [0.2, 0.25) is 11.9 Å². The number of fused-ring (bicyclic) bond motifs is 2. The monoisotopic (exact) mass is 518 g/mol. The van der Waals surface area contributed by atoms with Crippen molar-refractivity contribution in [2.75, 3.05) is 11.9 Å². The zero-order valence-electron chi connectivity index (χ0n) is 21.2. The highest BCUT2D eigenvalue weighted by Crippen LogP contribution is 2.31. The molecular formula is C28H26N10O. The highest BCUT2D eigenvalue weighted by Gasteiger charge is 2.25. The van der Waals surface area contributed by atoms with Gasteiger partial charge in [-0.3, -0.25) is 14.5 Å². The fraction of sp³-hybridized carbons (Fsp3) is 0.250. The number of anilines is 1. The van der Waals surface area contributed by atoms with Crippen LogP contribution in [-0.2, 0) is 37.1 Å². The van der Waals surface area contributed by atoms with Crippen molar-refractivity contribution in [3.8, 4) is 22.4 Å². The average molecular weight is 519 g/mol. The van der Waals surface area contributed by atoms with Gasteiger partial charge in [0.25, 0.3) is 0 Å². The molecule has 7 rings (SSSR count). The average Bonchev–Trinajstić information content (AvgIpc) is 3.71. The first kappa shape index (κ1) is 23.2. The molecule has 2 aliphatic rings. The summed E-state index contributed by atoms with van der Waals surface area (Å²) in [5.41, 5.74) is 7.83. The van der Waals surface area contributed by atoms with Gasteiger partial charge < -0.3 is 10.2 Å². The second kappa shape index (κ2) is 9.75. The molecule has 1 aliphatic heterocycles. The van der Waals surface area contributed by atoms with Crippen LogP contribution < -0.4 is 5.32 Å². The molecule has 39 heavy (non-hydrogen) atoms. The van der Waals surface area contributed by atoms with Crippen LogP contribution in [0.2, 0.25) is 0 Å². The molecule has 194 valence electrons. The van der Waals surface area contributed by atoms with Gasteiger partial charge >= 0.3 is 0 Å². The topological polar surface area (TPSA) is 130 Å². The number of H-pyrrole nitrogens is 1. The summed E-state index contributed by atoms with van der Waals surface area (Å²) in [4.78, 5) is 28.3. The Labute approximate surface area is 224 Å². The molecule has 0 unspecified atom stereocenters. The van der Waals surface area contributed by atoms with E-state index >= 15 is 0 Å². The van der Waals surface area contributed by atoms with E-state index in [9.17, 15) is 4.79 Å². The number of nitrogens with one attached hydrogen (secondary N) is 2. The van der Waals surface area contributed by atoms with Crippen LogP contribution in [0.4, 0.5) is 5.95 Å². The van der Waals surface area contributed by atoms with Crippen molar-refractivity contribution >= 4 is 11.9 Å². The number of carbonyl (C=O) groups is 1. The summed E-state index contributed by atoms with van der Waals surface area (Å²) in [6, 6.07) is 12.6. The molecule has 0 saturated heterocycles. The molecule has 5 heterocycles. The van der Waals surface area contributed by atoms with Crippen molar-refractivity contribution in [3.05, 3.63) is 89.9 Å². The molecule has 2 N–H and O–H groups in total. The summed E-state index contributed by atoms with van der Waals surface area (Å²) in [6.45, 7) is 1.18. The molecule has 1 amide bonds. The minimum atomic E-state index is -0.0210. The number of aromatic amines is 1. The third-order valence-corrected chi connectivity index (χ3v) is 7.37. The van der Waals surface area contributed by atoms with Crippen LogP contribution in [0.3, 0.4) is 0 Å². The van der Waals surface area contributed by atoms with Gasteiger partial charge in [0, 0.05) is 66.7 Å². The molecule has 0 saturated carbocycles. The highest BCUT2D eigenvalue weighted by atomic mass is 16.2. The Morgan fingerprint density at radius 1 is 0.974 bits per heavy atom. The number of amides is 1. The molecule has 1 aliphatic carbocycles. The van der Waals surface area contributed by atoms with Crippen LogP contribution in [0.1, 0.15) is 22.5 Å². The Hall–Kier alpha value is -4.93. The molecule has 0 fully saturated rings. The van der Waals surface area contributed by atoms with Crippen LogP contribution in [-0.4, -0.2) is 63.5 Å². The van der Waals surface area contributed by atoms with E-state index in [-0.39, 0.29) is 18.5 Å². The maximum absolute atomic E-state index is 13.1. The quantitative estimate of drug-likeness (QED) is 0.351. The Morgan fingerprint density at radius 2 is 1.72 bits per heavy atom. The lowest BCUT2D eigenvalue weighted by molar-refractivity contribution is -0.133. The highest BCUT2D eigenvalue weighted by molar-refractivity contribution is 5.81. The van der Waals surface area contributed by atoms with Gasteiger partial charge in [-0.15, -0.1) is 0 Å². The molecule has 1 aromatic carbocycles. The van der Waals surface area contributed by atoms with Crippen LogP contribution in [0.15, 0.2) is 67.4 Å². The van der Waals surface area contributed by atoms with E-state index in [4.69, 9.17) is 5.10 Å². The van der Waals surface area contributed by atoms with E-state index in [0.717, 1.165) is 46.6 Å². The normalized spacial score (nSPS) is 14.7. The number of hydrogen-bond acceptors (Lipinski definition) is 8. The van der Waals surface area contributed by atoms with Crippen molar-refractivity contribution in [2.45, 2.75) is 38.4 Å². The first-order chi connectivity index (χ1) is 19.2. The lowest BCUT2D eigenvalue weighted by Crippen LogP contribution is -2.38. The predicted octanol–water partition coefficient (Wildman–Crippen LogP) is 2.68. The Balaban J connectivity index is 1.11. The third kappa shape index (κ3) is 4.63. The Morgan fingerprint density at radius 3 is 2.49 bits per heavy atom. The SMILES string of the molecule is O=C(Cn1cc(-c2cnc(NC3Cc4ccccc4C3)nc2)c(-c2ccncc2)n1)N1CCc2n[nH]nc2C1. The van der Waals surface area contributed by atoms with E-state index in [2.05, 4.69) is 59.9 Å². The van der Waals surface area contributed by atoms with Gasteiger partial charge in [0.15, 0.2) is 0 Å². The smallest absolute Gasteiger partial charge is 0.244 e. The van der Waals surface area contributed by atoms with Crippen molar-refractivity contribution in [1.29, 1.82) is 0 Å². The number of pyridine rings is 1. The summed E-state index contributed by atoms with van der Waals surface area (Å²) in [5, 5.41) is 19.2. The van der Waals surface area contributed by atoms with Gasteiger partial charge in [0.05, 0.1) is 12.2 Å². The first-order valence-electron chi connectivity index (χ1n) is 13.0. The number of aromatic nitrogens is 8. The fourth-order valence-corrected chi connectivity index (χ4v) is 5.38. The van der Waals surface area contributed by atoms with Crippen molar-refractivity contribution in [3.63, 3.8) is 0 Å². The summed E-state index contributed by atoms with van der Waals surface area (Å²) in [7, 11) is 0. The Bertz CT molecular complexity index is 1600. The summed E-state index contributed by atoms with van der Waals surface area (Å²) >= 11 is 0. The molecule has 4 aromatic heterocycles. The van der Waals surface area contributed by atoms with Gasteiger partial charge in [-0.05, 0) is 36.1 Å². The van der Waals surface area contributed by atoms with E-state index in [1.54, 1.807) is 22.0 Å². The van der Waals surface area contributed by atoms with Gasteiger partial charge in [-0.2, -0.15) is 20.5 Å². The zero-order valence-corrected chi connectivity index (χ0v) is 21.2. The predicted molar refractivity (Wildman–Crippen MR) is 143 cm³/mol. The summed E-state index contributed by atoms with van der Waals surface area (Å²) < 4.78 is 1.69. The minimum absolute atomic E-state index is 0.0210. The van der Waals surface area contributed by atoms with Crippen molar-refractivity contribution in [2.24, 2.45) is 0 Å². The lowest BCUT2D eigenvalue weighted by atomic mass is 10.1.